The van der Waals surface area contributed by atoms with E-state index in [2.05, 4.69) is 10.5 Å². The standard InChI is InChI=1S/C10H13F3N2O/c11-10(12,13)8-6-15-16-9(8)4-7-2-1-3-14-5-7/h6-7,14H,1-5H2. The molecule has 1 N–H and O–H groups in total. The number of nitrogens with one attached hydrogen (secondary N) is 1. The highest BCUT2D eigenvalue weighted by atomic mass is 19.4. The van der Waals surface area contributed by atoms with Crippen molar-refractivity contribution in [3.63, 3.8) is 0 Å². The summed E-state index contributed by atoms with van der Waals surface area (Å²) in [5, 5.41) is 6.40. The number of alkyl halides is 3. The average Bonchev–Trinajstić information content (AvgIpc) is 2.67. The van der Waals surface area contributed by atoms with E-state index in [0.29, 0.717) is 6.42 Å². The van der Waals surface area contributed by atoms with Crippen LogP contribution in [0.2, 0.25) is 0 Å². The lowest BCUT2D eigenvalue weighted by atomic mass is 9.94. The smallest absolute Gasteiger partial charge is 0.361 e. The molecular weight excluding hydrogens is 221 g/mol. The first-order chi connectivity index (χ1) is 7.57. The fraction of sp³-hybridized carbons (Fsp3) is 0.700. The minimum Gasteiger partial charge on any atom is -0.361 e. The molecule has 0 aromatic carbocycles. The zero-order valence-corrected chi connectivity index (χ0v) is 8.68. The van der Waals surface area contributed by atoms with E-state index < -0.39 is 11.7 Å². The Hall–Kier alpha value is -1.04. The number of hydrogen-bond acceptors (Lipinski definition) is 3. The fourth-order valence-electron chi connectivity index (χ4n) is 2.00. The number of aromatic nitrogens is 1. The quantitative estimate of drug-likeness (QED) is 0.852. The van der Waals surface area contributed by atoms with Crippen LogP contribution in [0.1, 0.15) is 24.2 Å². The Morgan fingerprint density at radius 1 is 1.50 bits per heavy atom. The fourth-order valence-corrected chi connectivity index (χ4v) is 2.00. The molecule has 1 unspecified atom stereocenters. The summed E-state index contributed by atoms with van der Waals surface area (Å²) in [6, 6.07) is 0. The second-order valence-corrected chi connectivity index (χ2v) is 4.08. The topological polar surface area (TPSA) is 38.1 Å². The van der Waals surface area contributed by atoms with Crippen LogP contribution < -0.4 is 5.32 Å². The number of halogens is 3. The van der Waals surface area contributed by atoms with Crippen LogP contribution in [-0.2, 0) is 12.6 Å². The Morgan fingerprint density at radius 3 is 2.94 bits per heavy atom. The van der Waals surface area contributed by atoms with E-state index in [0.717, 1.165) is 32.1 Å². The van der Waals surface area contributed by atoms with E-state index in [-0.39, 0.29) is 11.7 Å². The lowest BCUT2D eigenvalue weighted by Crippen LogP contribution is -2.31. The van der Waals surface area contributed by atoms with Crippen LogP contribution in [0, 0.1) is 5.92 Å². The summed E-state index contributed by atoms with van der Waals surface area (Å²) < 4.78 is 42.3. The Bertz CT molecular complexity index is 342. The zero-order valence-electron chi connectivity index (χ0n) is 8.68. The van der Waals surface area contributed by atoms with Gasteiger partial charge in [0.15, 0.2) is 0 Å². The molecule has 3 nitrogen and oxygen atoms in total. The minimum atomic E-state index is -4.36. The van der Waals surface area contributed by atoms with Crippen molar-refractivity contribution in [3.8, 4) is 0 Å². The highest BCUT2D eigenvalue weighted by Crippen LogP contribution is 2.33. The van der Waals surface area contributed by atoms with Crippen molar-refractivity contribution in [1.29, 1.82) is 0 Å². The van der Waals surface area contributed by atoms with Gasteiger partial charge in [-0.1, -0.05) is 5.16 Å². The molecule has 0 aliphatic carbocycles. The number of nitrogens with zero attached hydrogens (tertiary/aromatic N) is 1. The van der Waals surface area contributed by atoms with Gasteiger partial charge in [-0.05, 0) is 31.8 Å². The SMILES string of the molecule is FC(F)(F)c1cnoc1CC1CCCNC1. The maximum atomic E-state index is 12.5. The summed E-state index contributed by atoms with van der Waals surface area (Å²) >= 11 is 0. The summed E-state index contributed by atoms with van der Waals surface area (Å²) in [6.07, 6.45) is -1.37. The number of piperidine rings is 1. The van der Waals surface area contributed by atoms with Crippen LogP contribution in [0.4, 0.5) is 13.2 Å². The molecule has 16 heavy (non-hydrogen) atoms. The van der Waals surface area contributed by atoms with Crippen LogP contribution in [0.5, 0.6) is 0 Å². The Kier molecular flexibility index (Phi) is 3.18. The molecule has 2 heterocycles. The normalized spacial score (nSPS) is 22.3. The van der Waals surface area contributed by atoms with E-state index in [1.54, 1.807) is 0 Å². The first-order valence-corrected chi connectivity index (χ1v) is 5.29. The molecule has 90 valence electrons. The molecular formula is C10H13F3N2O. The van der Waals surface area contributed by atoms with Crippen LogP contribution in [0.15, 0.2) is 10.7 Å². The van der Waals surface area contributed by atoms with Gasteiger partial charge in [0.2, 0.25) is 0 Å². The van der Waals surface area contributed by atoms with E-state index in [9.17, 15) is 13.2 Å². The largest absolute Gasteiger partial charge is 0.421 e. The van der Waals surface area contributed by atoms with Gasteiger partial charge in [-0.2, -0.15) is 13.2 Å². The third-order valence-electron chi connectivity index (χ3n) is 2.82. The summed E-state index contributed by atoms with van der Waals surface area (Å²) in [5.41, 5.74) is -0.738. The van der Waals surface area contributed by atoms with Gasteiger partial charge in [-0.3, -0.25) is 0 Å². The van der Waals surface area contributed by atoms with Crippen molar-refractivity contribution in [3.05, 3.63) is 17.5 Å². The molecule has 1 aliphatic heterocycles. The van der Waals surface area contributed by atoms with Gasteiger partial charge in [0.1, 0.15) is 11.3 Å². The van der Waals surface area contributed by atoms with Crippen molar-refractivity contribution >= 4 is 0 Å². The van der Waals surface area contributed by atoms with Crippen molar-refractivity contribution in [2.24, 2.45) is 5.92 Å². The third-order valence-corrected chi connectivity index (χ3v) is 2.82. The number of rotatable bonds is 2. The molecule has 1 aliphatic rings. The molecule has 1 saturated heterocycles. The summed E-state index contributed by atoms with van der Waals surface area (Å²) in [4.78, 5) is 0. The molecule has 1 atom stereocenters. The van der Waals surface area contributed by atoms with Crippen molar-refractivity contribution in [2.45, 2.75) is 25.4 Å². The molecule has 0 spiro atoms. The van der Waals surface area contributed by atoms with Crippen molar-refractivity contribution in [1.82, 2.24) is 10.5 Å². The summed E-state index contributed by atoms with van der Waals surface area (Å²) in [5.74, 6) is 0.170. The van der Waals surface area contributed by atoms with E-state index >= 15 is 0 Å². The lowest BCUT2D eigenvalue weighted by molar-refractivity contribution is -0.138. The Morgan fingerprint density at radius 2 is 2.31 bits per heavy atom. The molecule has 2 rings (SSSR count). The lowest BCUT2D eigenvalue weighted by Gasteiger charge is -2.21. The molecule has 1 aromatic heterocycles. The second-order valence-electron chi connectivity index (χ2n) is 4.08. The van der Waals surface area contributed by atoms with Crippen molar-refractivity contribution in [2.75, 3.05) is 13.1 Å². The van der Waals surface area contributed by atoms with Gasteiger partial charge < -0.3 is 9.84 Å². The Balaban J connectivity index is 2.06. The van der Waals surface area contributed by atoms with Crippen LogP contribution >= 0.6 is 0 Å². The first kappa shape index (κ1) is 11.4. The highest BCUT2D eigenvalue weighted by molar-refractivity contribution is 5.17. The monoisotopic (exact) mass is 234 g/mol. The molecule has 0 amide bonds. The van der Waals surface area contributed by atoms with E-state index in [4.69, 9.17) is 4.52 Å². The predicted octanol–water partition coefficient (Wildman–Crippen LogP) is 2.24. The first-order valence-electron chi connectivity index (χ1n) is 5.29. The molecule has 0 radical (unpaired) electrons. The van der Waals surface area contributed by atoms with Gasteiger partial charge in [0.25, 0.3) is 0 Å². The van der Waals surface area contributed by atoms with Gasteiger partial charge in [-0.15, -0.1) is 0 Å². The molecule has 0 saturated carbocycles. The van der Waals surface area contributed by atoms with Gasteiger partial charge in [0, 0.05) is 6.42 Å². The molecule has 6 heteroatoms. The predicted molar refractivity (Wildman–Crippen MR) is 50.8 cm³/mol. The van der Waals surface area contributed by atoms with Crippen molar-refractivity contribution < 1.29 is 17.7 Å². The second kappa shape index (κ2) is 4.45. The third kappa shape index (κ3) is 2.55. The molecule has 1 aromatic rings. The molecule has 0 bridgehead atoms. The van der Waals surface area contributed by atoms with E-state index in [1.165, 1.54) is 0 Å². The number of hydrogen-bond donors (Lipinski definition) is 1. The summed E-state index contributed by atoms with van der Waals surface area (Å²) in [7, 11) is 0. The van der Waals surface area contributed by atoms with Gasteiger partial charge in [0.05, 0.1) is 6.20 Å². The van der Waals surface area contributed by atoms with Crippen LogP contribution in [-0.4, -0.2) is 18.2 Å². The maximum absolute atomic E-state index is 12.5. The summed E-state index contributed by atoms with van der Waals surface area (Å²) in [6.45, 7) is 1.69. The zero-order chi connectivity index (χ0) is 11.6. The van der Waals surface area contributed by atoms with Gasteiger partial charge >= 0.3 is 6.18 Å². The maximum Gasteiger partial charge on any atom is 0.421 e. The average molecular weight is 234 g/mol. The highest BCUT2D eigenvalue weighted by Gasteiger charge is 2.37. The van der Waals surface area contributed by atoms with Gasteiger partial charge in [-0.25, -0.2) is 0 Å². The minimum absolute atomic E-state index is 0.0406. The van der Waals surface area contributed by atoms with Crippen LogP contribution in [0.25, 0.3) is 0 Å². The van der Waals surface area contributed by atoms with Crippen LogP contribution in [0.3, 0.4) is 0 Å². The van der Waals surface area contributed by atoms with E-state index in [1.807, 2.05) is 0 Å². The molecule has 1 fully saturated rings. The Labute approximate surface area is 91.0 Å².